The summed E-state index contributed by atoms with van der Waals surface area (Å²) in [7, 11) is 0. The van der Waals surface area contributed by atoms with E-state index >= 15 is 0 Å². The van der Waals surface area contributed by atoms with E-state index in [9.17, 15) is 9.59 Å². The molecule has 2 rings (SSSR count). The number of piperidine rings is 1. The van der Waals surface area contributed by atoms with Crippen LogP contribution in [0.2, 0.25) is 0 Å². The van der Waals surface area contributed by atoms with Gasteiger partial charge in [-0.2, -0.15) is 0 Å². The van der Waals surface area contributed by atoms with E-state index in [0.29, 0.717) is 24.9 Å². The number of carbonyl (C=O) groups is 2. The Morgan fingerprint density at radius 3 is 2.94 bits per heavy atom. The van der Waals surface area contributed by atoms with E-state index < -0.39 is 0 Å². The van der Waals surface area contributed by atoms with Gasteiger partial charge in [0.05, 0.1) is 0 Å². The molecule has 17 heavy (non-hydrogen) atoms. The van der Waals surface area contributed by atoms with Gasteiger partial charge in [0.25, 0.3) is 5.91 Å². The first-order valence-electron chi connectivity index (χ1n) is 5.79. The van der Waals surface area contributed by atoms with Crippen LogP contribution in [0.3, 0.4) is 0 Å². The molecule has 1 aromatic carbocycles. The molecule has 2 amide bonds. The van der Waals surface area contributed by atoms with Gasteiger partial charge in [-0.1, -0.05) is 17.7 Å². The maximum Gasteiger partial charge on any atom is 0.251 e. The van der Waals surface area contributed by atoms with Crippen LogP contribution < -0.4 is 10.6 Å². The number of carbonyl (C=O) groups excluding carboxylic acids is 2. The number of nitrogens with one attached hydrogen (secondary N) is 2. The molecule has 1 aliphatic heterocycles. The summed E-state index contributed by atoms with van der Waals surface area (Å²) in [5.74, 6) is -0.0131. The monoisotopic (exact) mass is 232 g/mol. The largest absolute Gasteiger partial charge is 0.354 e. The second-order valence-electron chi connectivity index (χ2n) is 4.38. The molecule has 4 heteroatoms. The van der Waals surface area contributed by atoms with Crippen molar-refractivity contribution in [3.05, 3.63) is 35.4 Å². The lowest BCUT2D eigenvalue weighted by molar-refractivity contribution is -0.122. The highest BCUT2D eigenvalue weighted by Gasteiger charge is 2.19. The third-order valence-corrected chi connectivity index (χ3v) is 2.88. The summed E-state index contributed by atoms with van der Waals surface area (Å²) >= 11 is 0. The average molecular weight is 232 g/mol. The fourth-order valence-corrected chi connectivity index (χ4v) is 1.91. The molecule has 0 bridgehead atoms. The highest BCUT2D eigenvalue weighted by molar-refractivity contribution is 5.94. The Hall–Kier alpha value is -1.84. The number of aryl methyl sites for hydroxylation is 1. The molecular formula is C13H16N2O2. The molecule has 1 saturated heterocycles. The first kappa shape index (κ1) is 11.6. The normalized spacial score (nSPS) is 19.6. The lowest BCUT2D eigenvalue weighted by Crippen LogP contribution is -2.47. The summed E-state index contributed by atoms with van der Waals surface area (Å²) in [4.78, 5) is 22.9. The van der Waals surface area contributed by atoms with Gasteiger partial charge in [-0.15, -0.1) is 0 Å². The molecule has 0 saturated carbocycles. The smallest absolute Gasteiger partial charge is 0.251 e. The first-order valence-corrected chi connectivity index (χ1v) is 5.79. The molecule has 0 spiro atoms. The van der Waals surface area contributed by atoms with E-state index in [1.165, 1.54) is 0 Å². The van der Waals surface area contributed by atoms with Crippen molar-refractivity contribution in [2.24, 2.45) is 0 Å². The molecule has 1 heterocycles. The summed E-state index contributed by atoms with van der Waals surface area (Å²) in [6, 6.07) is 7.52. The van der Waals surface area contributed by atoms with Crippen molar-refractivity contribution in [3.63, 3.8) is 0 Å². The van der Waals surface area contributed by atoms with Crippen molar-refractivity contribution >= 4 is 11.8 Å². The van der Waals surface area contributed by atoms with E-state index in [2.05, 4.69) is 10.6 Å². The van der Waals surface area contributed by atoms with Gasteiger partial charge >= 0.3 is 0 Å². The summed E-state index contributed by atoms with van der Waals surface area (Å²) < 4.78 is 0. The Morgan fingerprint density at radius 1 is 1.47 bits per heavy atom. The number of amides is 2. The van der Waals surface area contributed by atoms with Gasteiger partial charge in [-0.25, -0.2) is 0 Å². The standard InChI is InChI=1S/C13H16N2O2/c1-9-3-2-4-10(7-9)13(17)15-11-5-6-12(16)14-8-11/h2-4,7,11H,5-6,8H2,1H3,(H,14,16)(H,15,17). The first-order chi connectivity index (χ1) is 8.15. The van der Waals surface area contributed by atoms with Crippen LogP contribution >= 0.6 is 0 Å². The van der Waals surface area contributed by atoms with Crippen LogP contribution in [0.1, 0.15) is 28.8 Å². The minimum absolute atomic E-state index is 0.0423. The molecule has 1 unspecified atom stereocenters. The van der Waals surface area contributed by atoms with Crippen molar-refractivity contribution in [3.8, 4) is 0 Å². The van der Waals surface area contributed by atoms with Crippen molar-refractivity contribution in [1.29, 1.82) is 0 Å². The quantitative estimate of drug-likeness (QED) is 0.799. The van der Waals surface area contributed by atoms with Crippen molar-refractivity contribution in [2.45, 2.75) is 25.8 Å². The molecule has 2 N–H and O–H groups in total. The van der Waals surface area contributed by atoms with E-state index in [1.807, 2.05) is 25.1 Å². The maximum atomic E-state index is 11.9. The minimum atomic E-state index is -0.0742. The fourth-order valence-electron chi connectivity index (χ4n) is 1.91. The molecule has 0 aliphatic carbocycles. The van der Waals surface area contributed by atoms with Crippen LogP contribution in [-0.2, 0) is 4.79 Å². The predicted octanol–water partition coefficient (Wildman–Crippen LogP) is 1.00. The highest BCUT2D eigenvalue weighted by atomic mass is 16.2. The molecule has 0 aromatic heterocycles. The zero-order valence-electron chi connectivity index (χ0n) is 9.82. The van der Waals surface area contributed by atoms with E-state index in [-0.39, 0.29) is 17.9 Å². The van der Waals surface area contributed by atoms with E-state index in [4.69, 9.17) is 0 Å². The van der Waals surface area contributed by atoms with Crippen LogP contribution in [0, 0.1) is 6.92 Å². The van der Waals surface area contributed by atoms with Gasteiger partial charge in [-0.05, 0) is 25.5 Å². The molecule has 90 valence electrons. The molecule has 1 fully saturated rings. The summed E-state index contributed by atoms with van der Waals surface area (Å²) in [6.45, 7) is 2.48. The number of hydrogen-bond acceptors (Lipinski definition) is 2. The third-order valence-electron chi connectivity index (χ3n) is 2.88. The SMILES string of the molecule is Cc1cccc(C(=O)NC2CCC(=O)NC2)c1. The van der Waals surface area contributed by atoms with Gasteiger partial charge in [0.15, 0.2) is 0 Å². The topological polar surface area (TPSA) is 58.2 Å². The zero-order chi connectivity index (χ0) is 12.3. The van der Waals surface area contributed by atoms with Crippen LogP contribution in [0.5, 0.6) is 0 Å². The number of rotatable bonds is 2. The van der Waals surface area contributed by atoms with Gasteiger partial charge in [-0.3, -0.25) is 9.59 Å². The van der Waals surface area contributed by atoms with Crippen LogP contribution in [-0.4, -0.2) is 24.4 Å². The van der Waals surface area contributed by atoms with Crippen LogP contribution in [0.15, 0.2) is 24.3 Å². The molecule has 1 atom stereocenters. The summed E-state index contributed by atoms with van der Waals surface area (Å²) in [5.41, 5.74) is 1.73. The van der Waals surface area contributed by atoms with Crippen LogP contribution in [0.4, 0.5) is 0 Å². The van der Waals surface area contributed by atoms with Gasteiger partial charge in [0, 0.05) is 24.6 Å². The predicted molar refractivity (Wildman–Crippen MR) is 64.7 cm³/mol. The minimum Gasteiger partial charge on any atom is -0.354 e. The Balaban J connectivity index is 1.95. The van der Waals surface area contributed by atoms with E-state index in [0.717, 1.165) is 5.56 Å². The summed E-state index contributed by atoms with van der Waals surface area (Å²) in [5, 5.41) is 5.68. The molecule has 1 aliphatic rings. The second kappa shape index (κ2) is 4.99. The zero-order valence-corrected chi connectivity index (χ0v) is 9.82. The molecular weight excluding hydrogens is 216 g/mol. The van der Waals surface area contributed by atoms with Gasteiger partial charge in [0.1, 0.15) is 0 Å². The Kier molecular flexibility index (Phi) is 3.42. The highest BCUT2D eigenvalue weighted by Crippen LogP contribution is 2.07. The average Bonchev–Trinajstić information content (AvgIpc) is 2.32. The van der Waals surface area contributed by atoms with Gasteiger partial charge in [0.2, 0.25) is 5.91 Å². The second-order valence-corrected chi connectivity index (χ2v) is 4.38. The maximum absolute atomic E-state index is 11.9. The number of benzene rings is 1. The molecule has 4 nitrogen and oxygen atoms in total. The van der Waals surface area contributed by atoms with Gasteiger partial charge < -0.3 is 10.6 Å². The fraction of sp³-hybridized carbons (Fsp3) is 0.385. The Labute approximate surface area is 100 Å². The lowest BCUT2D eigenvalue weighted by Gasteiger charge is -2.23. The molecule has 1 aromatic rings. The summed E-state index contributed by atoms with van der Waals surface area (Å²) in [6.07, 6.45) is 1.20. The van der Waals surface area contributed by atoms with Crippen molar-refractivity contribution < 1.29 is 9.59 Å². The molecule has 0 radical (unpaired) electrons. The number of hydrogen-bond donors (Lipinski definition) is 2. The van der Waals surface area contributed by atoms with Crippen molar-refractivity contribution in [2.75, 3.05) is 6.54 Å². The Morgan fingerprint density at radius 2 is 2.29 bits per heavy atom. The van der Waals surface area contributed by atoms with Crippen LogP contribution in [0.25, 0.3) is 0 Å². The third kappa shape index (κ3) is 3.06. The lowest BCUT2D eigenvalue weighted by atomic mass is 10.1. The Bertz CT molecular complexity index is 433. The van der Waals surface area contributed by atoms with E-state index in [1.54, 1.807) is 6.07 Å². The van der Waals surface area contributed by atoms with Crippen molar-refractivity contribution in [1.82, 2.24) is 10.6 Å².